The maximum absolute atomic E-state index is 13.2. The molecular formula is C19H24N4O4. The van der Waals surface area contributed by atoms with Crippen LogP contribution in [0.25, 0.3) is 0 Å². The minimum Gasteiger partial charge on any atom is -0.360 e. The summed E-state index contributed by atoms with van der Waals surface area (Å²) in [5.74, 6) is -0.0409. The number of likely N-dealkylation sites (tertiary alicyclic amines) is 1. The van der Waals surface area contributed by atoms with Gasteiger partial charge in [-0.05, 0) is 12.8 Å². The molecule has 0 unspecified atom stereocenters. The third-order valence-electron chi connectivity index (χ3n) is 6.43. The van der Waals surface area contributed by atoms with Gasteiger partial charge in [-0.2, -0.15) is 4.98 Å². The van der Waals surface area contributed by atoms with Crippen molar-refractivity contribution < 1.29 is 18.8 Å². The molecule has 8 heteroatoms. The van der Waals surface area contributed by atoms with Crippen molar-refractivity contribution in [3.63, 3.8) is 0 Å². The van der Waals surface area contributed by atoms with Gasteiger partial charge < -0.3 is 19.5 Å². The van der Waals surface area contributed by atoms with E-state index < -0.39 is 17.4 Å². The lowest BCUT2D eigenvalue weighted by molar-refractivity contribution is -0.138. The summed E-state index contributed by atoms with van der Waals surface area (Å²) >= 11 is 0. The van der Waals surface area contributed by atoms with Crippen LogP contribution < -0.4 is 5.32 Å². The second-order valence-electron chi connectivity index (χ2n) is 7.98. The van der Waals surface area contributed by atoms with Gasteiger partial charge in [0.05, 0.1) is 31.0 Å². The molecule has 1 spiro atoms. The van der Waals surface area contributed by atoms with Crippen LogP contribution in [0.3, 0.4) is 0 Å². The average molecular weight is 372 g/mol. The molecule has 0 radical (unpaired) electrons. The molecule has 1 aliphatic carbocycles. The van der Waals surface area contributed by atoms with Gasteiger partial charge in [0.15, 0.2) is 5.82 Å². The van der Waals surface area contributed by atoms with Crippen LogP contribution in [0.4, 0.5) is 0 Å². The number of carbonyl (C=O) groups excluding carboxylic acids is 2. The van der Waals surface area contributed by atoms with Crippen molar-refractivity contribution in [2.45, 2.75) is 63.3 Å². The van der Waals surface area contributed by atoms with E-state index in [1.165, 1.54) is 12.8 Å². The van der Waals surface area contributed by atoms with Crippen LogP contribution in [-0.4, -0.2) is 51.1 Å². The second-order valence-corrected chi connectivity index (χ2v) is 7.98. The number of hydrogen-bond donors (Lipinski definition) is 1. The molecule has 2 saturated heterocycles. The van der Waals surface area contributed by atoms with E-state index in [-0.39, 0.29) is 24.5 Å². The molecule has 0 aromatic carbocycles. The third kappa shape index (κ3) is 2.53. The molecule has 2 bridgehead atoms. The molecule has 27 heavy (non-hydrogen) atoms. The maximum atomic E-state index is 13.2. The van der Waals surface area contributed by atoms with Crippen molar-refractivity contribution in [2.75, 3.05) is 6.54 Å². The number of hydrogen-bond acceptors (Lipinski definition) is 6. The molecule has 8 nitrogen and oxygen atoms in total. The first-order chi connectivity index (χ1) is 13.1. The summed E-state index contributed by atoms with van der Waals surface area (Å²) in [6.07, 6.45) is 8.70. The van der Waals surface area contributed by atoms with Gasteiger partial charge in [0.25, 0.3) is 0 Å². The van der Waals surface area contributed by atoms with Gasteiger partial charge in [0, 0.05) is 12.5 Å². The number of rotatable bonds is 5. The van der Waals surface area contributed by atoms with Crippen LogP contribution in [0.15, 0.2) is 16.7 Å². The van der Waals surface area contributed by atoms with Crippen molar-refractivity contribution >= 4 is 11.8 Å². The molecule has 1 saturated carbocycles. The van der Waals surface area contributed by atoms with Gasteiger partial charge in [0.1, 0.15) is 5.60 Å². The van der Waals surface area contributed by atoms with Gasteiger partial charge in [-0.15, -0.1) is 0 Å². The topological polar surface area (TPSA) is 97.6 Å². The van der Waals surface area contributed by atoms with Crippen molar-refractivity contribution in [2.24, 2.45) is 11.8 Å². The molecular weight excluding hydrogens is 348 g/mol. The maximum Gasteiger partial charge on any atom is 0.230 e. The lowest BCUT2D eigenvalue weighted by atomic mass is 9.77. The Balaban J connectivity index is 1.32. The van der Waals surface area contributed by atoms with Gasteiger partial charge in [-0.25, -0.2) is 0 Å². The van der Waals surface area contributed by atoms with Crippen molar-refractivity contribution in [3.05, 3.63) is 23.9 Å². The summed E-state index contributed by atoms with van der Waals surface area (Å²) in [5, 5.41) is 6.73. The van der Waals surface area contributed by atoms with E-state index in [4.69, 9.17) is 9.26 Å². The predicted octanol–water partition coefficient (Wildman–Crippen LogP) is 0.973. The van der Waals surface area contributed by atoms with E-state index in [9.17, 15) is 9.59 Å². The van der Waals surface area contributed by atoms with E-state index in [0.29, 0.717) is 30.7 Å². The molecule has 1 aromatic heterocycles. The zero-order valence-electron chi connectivity index (χ0n) is 15.4. The Morgan fingerprint density at radius 1 is 1.41 bits per heavy atom. The van der Waals surface area contributed by atoms with Gasteiger partial charge >= 0.3 is 0 Å². The van der Waals surface area contributed by atoms with Gasteiger partial charge in [-0.3, -0.25) is 9.59 Å². The van der Waals surface area contributed by atoms with Crippen LogP contribution >= 0.6 is 0 Å². The standard InChI is InChI=1S/C19H24N4O4/c1-2-14-21-13(22-27-14)9-20-17(24)15-12-7-8-19(26-12)10-23(18(25)16(15)19)11-5-3-4-6-11/h7-8,11-12,15-16H,2-6,9-10H2,1H3,(H,20,24)/t12-,15-,16+,19+/m1/s1. The van der Waals surface area contributed by atoms with Crippen LogP contribution in [-0.2, 0) is 27.3 Å². The fourth-order valence-electron chi connectivity index (χ4n) is 5.14. The minimum atomic E-state index is -0.631. The number of carbonyl (C=O) groups is 2. The number of nitrogens with zero attached hydrogens (tertiary/aromatic N) is 3. The fraction of sp³-hybridized carbons (Fsp3) is 0.684. The number of amides is 2. The Morgan fingerprint density at radius 2 is 2.22 bits per heavy atom. The Labute approximate surface area is 157 Å². The molecule has 5 rings (SSSR count). The quantitative estimate of drug-likeness (QED) is 0.774. The van der Waals surface area contributed by atoms with E-state index in [2.05, 4.69) is 15.5 Å². The van der Waals surface area contributed by atoms with Crippen molar-refractivity contribution in [1.29, 1.82) is 0 Å². The molecule has 4 heterocycles. The number of aromatic nitrogens is 2. The number of fused-ring (bicyclic) bond motifs is 1. The monoisotopic (exact) mass is 372 g/mol. The highest BCUT2D eigenvalue weighted by Crippen LogP contribution is 2.52. The zero-order valence-corrected chi connectivity index (χ0v) is 15.4. The van der Waals surface area contributed by atoms with Gasteiger partial charge in [-0.1, -0.05) is 37.1 Å². The van der Waals surface area contributed by atoms with Crippen LogP contribution in [0.5, 0.6) is 0 Å². The second kappa shape index (κ2) is 6.15. The highest BCUT2D eigenvalue weighted by Gasteiger charge is 2.67. The molecule has 144 valence electrons. The van der Waals surface area contributed by atoms with E-state index in [1.54, 1.807) is 0 Å². The summed E-state index contributed by atoms with van der Waals surface area (Å²) in [5.41, 5.74) is -0.631. The molecule has 4 atom stereocenters. The smallest absolute Gasteiger partial charge is 0.230 e. The Morgan fingerprint density at radius 3 is 2.96 bits per heavy atom. The number of ether oxygens (including phenoxy) is 1. The first-order valence-corrected chi connectivity index (χ1v) is 9.88. The lowest BCUT2D eigenvalue weighted by Gasteiger charge is -2.26. The third-order valence-corrected chi connectivity index (χ3v) is 6.43. The van der Waals surface area contributed by atoms with Crippen LogP contribution in [0.1, 0.15) is 44.3 Å². The predicted molar refractivity (Wildman–Crippen MR) is 93.2 cm³/mol. The van der Waals surface area contributed by atoms with Crippen LogP contribution in [0, 0.1) is 11.8 Å². The summed E-state index contributed by atoms with van der Waals surface area (Å²) in [6, 6.07) is 0.295. The molecule has 2 amide bonds. The lowest BCUT2D eigenvalue weighted by Crippen LogP contribution is -2.44. The highest BCUT2D eigenvalue weighted by atomic mass is 16.5. The molecule has 3 fully saturated rings. The Bertz CT molecular complexity index is 799. The van der Waals surface area contributed by atoms with E-state index in [0.717, 1.165) is 12.8 Å². The molecule has 4 aliphatic rings. The van der Waals surface area contributed by atoms with E-state index >= 15 is 0 Å². The summed E-state index contributed by atoms with van der Waals surface area (Å²) in [7, 11) is 0. The molecule has 1 aromatic rings. The van der Waals surface area contributed by atoms with E-state index in [1.807, 2.05) is 24.0 Å². The van der Waals surface area contributed by atoms with Crippen molar-refractivity contribution in [3.8, 4) is 0 Å². The summed E-state index contributed by atoms with van der Waals surface area (Å²) in [6.45, 7) is 2.69. The number of nitrogens with one attached hydrogen (secondary N) is 1. The first-order valence-electron chi connectivity index (χ1n) is 9.88. The first kappa shape index (κ1) is 16.9. The van der Waals surface area contributed by atoms with Crippen molar-refractivity contribution in [1.82, 2.24) is 20.4 Å². The number of aryl methyl sites for hydroxylation is 1. The summed E-state index contributed by atoms with van der Waals surface area (Å²) < 4.78 is 11.2. The highest BCUT2D eigenvalue weighted by molar-refractivity contribution is 5.93. The molecule has 1 N–H and O–H groups in total. The Kier molecular flexibility index (Phi) is 3.86. The zero-order chi connectivity index (χ0) is 18.6. The summed E-state index contributed by atoms with van der Waals surface area (Å²) in [4.78, 5) is 32.3. The SMILES string of the molecule is CCc1nc(CNC(=O)[C@H]2[C@H]3C(=O)N(C4CCCC4)C[C@@]34C=C[C@H]2O4)no1. The average Bonchev–Trinajstić information content (AvgIpc) is 3.46. The largest absolute Gasteiger partial charge is 0.360 e. The normalized spacial score (nSPS) is 34.6. The Hall–Kier alpha value is -2.22. The minimum absolute atomic E-state index is 0.0710. The van der Waals surface area contributed by atoms with Gasteiger partial charge in [0.2, 0.25) is 17.7 Å². The van der Waals surface area contributed by atoms with Crippen LogP contribution in [0.2, 0.25) is 0 Å². The molecule has 3 aliphatic heterocycles. The fourth-order valence-corrected chi connectivity index (χ4v) is 5.14.